The molecular formula is C46H52N4O11S. The number of azide groups is 1. The van der Waals surface area contributed by atoms with Crippen LogP contribution in [0.1, 0.15) is 42.9 Å². The second-order valence-corrected chi connectivity index (χ2v) is 16.3. The van der Waals surface area contributed by atoms with Gasteiger partial charge in [-0.1, -0.05) is 126 Å². The summed E-state index contributed by atoms with van der Waals surface area (Å²) in [7, 11) is 0. The number of carbonyl (C=O) groups is 2. The van der Waals surface area contributed by atoms with Crippen molar-refractivity contribution in [2.24, 2.45) is 10.8 Å². The van der Waals surface area contributed by atoms with Crippen molar-refractivity contribution in [1.82, 2.24) is 0 Å². The van der Waals surface area contributed by atoms with E-state index in [0.29, 0.717) is 13.0 Å². The van der Waals surface area contributed by atoms with E-state index < -0.39 is 78.7 Å². The highest BCUT2D eigenvalue weighted by molar-refractivity contribution is 7.99. The van der Waals surface area contributed by atoms with Crippen LogP contribution < -0.4 is 5.73 Å². The van der Waals surface area contributed by atoms with Crippen molar-refractivity contribution >= 4 is 23.6 Å². The fraction of sp³-hybridized carbons (Fsp3) is 0.435. The maximum absolute atomic E-state index is 13.4. The lowest BCUT2D eigenvalue weighted by Gasteiger charge is -2.49. The Bertz CT molecular complexity index is 2030. The first-order valence-corrected chi connectivity index (χ1v) is 21.6. The molecule has 3 aliphatic rings. The fourth-order valence-electron chi connectivity index (χ4n) is 7.65. The van der Waals surface area contributed by atoms with Crippen LogP contribution in [0.3, 0.4) is 0 Å². The van der Waals surface area contributed by atoms with E-state index in [9.17, 15) is 15.1 Å². The van der Waals surface area contributed by atoms with Gasteiger partial charge in [0.2, 0.25) is 5.91 Å². The minimum Gasteiger partial charge on any atom is -0.454 e. The molecular weight excluding hydrogens is 817 g/mol. The zero-order chi connectivity index (χ0) is 43.1. The number of amides is 1. The average molecular weight is 869 g/mol. The maximum Gasteiger partial charge on any atom is 0.303 e. The lowest BCUT2D eigenvalue weighted by molar-refractivity contribution is -0.350. The number of ether oxygens (including phenoxy) is 9. The number of benzene rings is 4. The van der Waals surface area contributed by atoms with E-state index in [-0.39, 0.29) is 26.4 Å². The van der Waals surface area contributed by atoms with Crippen LogP contribution in [-0.4, -0.2) is 91.9 Å². The van der Waals surface area contributed by atoms with E-state index in [1.165, 1.54) is 18.7 Å². The summed E-state index contributed by atoms with van der Waals surface area (Å²) in [5.41, 5.74) is 17.9. The molecule has 0 spiro atoms. The first kappa shape index (κ1) is 45.2. The minimum absolute atomic E-state index is 0.0114. The van der Waals surface area contributed by atoms with E-state index in [2.05, 4.69) is 10.0 Å². The third-order valence-electron chi connectivity index (χ3n) is 10.6. The summed E-state index contributed by atoms with van der Waals surface area (Å²) < 4.78 is 58.2. The monoisotopic (exact) mass is 868 g/mol. The molecule has 0 bridgehead atoms. The highest BCUT2D eigenvalue weighted by atomic mass is 32.2. The third-order valence-corrected chi connectivity index (χ3v) is 11.7. The minimum atomic E-state index is -1.51. The smallest absolute Gasteiger partial charge is 0.303 e. The Balaban J connectivity index is 1.27. The van der Waals surface area contributed by atoms with Gasteiger partial charge in [0, 0.05) is 23.3 Å². The van der Waals surface area contributed by atoms with Gasteiger partial charge in [0.05, 0.1) is 32.5 Å². The quantitative estimate of drug-likeness (QED) is 0.0440. The predicted molar refractivity (Wildman–Crippen MR) is 227 cm³/mol. The van der Waals surface area contributed by atoms with Gasteiger partial charge < -0.3 is 48.4 Å². The molecule has 11 atom stereocenters. The van der Waals surface area contributed by atoms with Crippen LogP contribution in [-0.2, 0) is 72.0 Å². The SMILES string of the molecule is CC(=O)O[C@H]1[C@H](O[C@H]2[C@H](OCc3ccccc3)[C@@H](N=[N+]=[N-])[C@H](Sc3ccccc3)O[C@@H]2COCc2ccccc2)O[C@@H](C(N)=O)[C@@H](OC2CCCCO2)[C@@H]1OCc1ccccc1. The van der Waals surface area contributed by atoms with Gasteiger partial charge in [0.25, 0.3) is 0 Å². The van der Waals surface area contributed by atoms with Crippen molar-refractivity contribution in [3.05, 3.63) is 148 Å². The number of thioether (sulfide) groups is 1. The molecule has 3 fully saturated rings. The molecule has 62 heavy (non-hydrogen) atoms. The molecule has 2 N–H and O–H groups in total. The molecule has 3 heterocycles. The van der Waals surface area contributed by atoms with Gasteiger partial charge in [-0.05, 0) is 53.6 Å². The van der Waals surface area contributed by atoms with Crippen molar-refractivity contribution in [2.75, 3.05) is 13.2 Å². The highest BCUT2D eigenvalue weighted by Crippen LogP contribution is 2.40. The van der Waals surface area contributed by atoms with Gasteiger partial charge in [-0.15, -0.1) is 0 Å². The van der Waals surface area contributed by atoms with Gasteiger partial charge in [0.1, 0.15) is 35.9 Å². The predicted octanol–water partition coefficient (Wildman–Crippen LogP) is 7.01. The second kappa shape index (κ2) is 23.0. The van der Waals surface area contributed by atoms with E-state index in [0.717, 1.165) is 34.4 Å². The molecule has 7 rings (SSSR count). The summed E-state index contributed by atoms with van der Waals surface area (Å²) in [6, 6.07) is 37.2. The number of rotatable bonds is 19. The number of primary amides is 1. The molecule has 328 valence electrons. The van der Waals surface area contributed by atoms with Gasteiger partial charge in [-0.25, -0.2) is 0 Å². The van der Waals surface area contributed by atoms with Crippen LogP contribution in [0, 0.1) is 0 Å². The van der Waals surface area contributed by atoms with Crippen LogP contribution in [0.4, 0.5) is 0 Å². The summed E-state index contributed by atoms with van der Waals surface area (Å²) in [5.74, 6) is -1.53. The van der Waals surface area contributed by atoms with Gasteiger partial charge in [-0.3, -0.25) is 9.59 Å². The number of hydrogen-bond acceptors (Lipinski definition) is 13. The summed E-state index contributed by atoms with van der Waals surface area (Å²) in [6.45, 7) is 2.11. The zero-order valence-corrected chi connectivity index (χ0v) is 35.2. The summed E-state index contributed by atoms with van der Waals surface area (Å²) in [4.78, 5) is 30.6. The molecule has 0 saturated carbocycles. The number of esters is 1. The normalized spacial score (nSPS) is 28.6. The number of nitrogens with zero attached hydrogens (tertiary/aromatic N) is 3. The molecule has 16 heteroatoms. The van der Waals surface area contributed by atoms with E-state index in [1.54, 1.807) is 0 Å². The summed E-state index contributed by atoms with van der Waals surface area (Å²) in [5, 5.41) is 4.26. The Morgan fingerprint density at radius 2 is 1.34 bits per heavy atom. The fourth-order valence-corrected chi connectivity index (χ4v) is 8.78. The highest BCUT2D eigenvalue weighted by Gasteiger charge is 2.56. The Hall–Kier alpha value is -4.84. The molecule has 1 amide bonds. The van der Waals surface area contributed by atoms with Crippen LogP contribution in [0.25, 0.3) is 10.4 Å². The zero-order valence-electron chi connectivity index (χ0n) is 34.4. The standard InChI is InChI=1S/C46H52N4O11S/c1-30(51)57-43-40(56-28-33-20-10-4-11-21-33)41(59-36-24-14-15-25-54-36)42(44(47)52)61-45(43)60-38-35(29-53-26-31-16-6-2-7-17-31)58-46(62-34-22-12-5-13-23-34)37(49-50-48)39(38)55-27-32-18-8-3-9-19-32/h2-13,16-23,35-43,45-46H,14-15,24-29H2,1H3,(H2,47,52)/t35-,36?,37-,38-,39-,40+,41+,42-,43-,45-,46+/m1/s1. The second-order valence-electron chi connectivity index (χ2n) is 15.1. The van der Waals surface area contributed by atoms with Gasteiger partial charge in [-0.2, -0.15) is 0 Å². The Morgan fingerprint density at radius 3 is 1.90 bits per heavy atom. The molecule has 15 nitrogen and oxygen atoms in total. The Labute approximate surface area is 365 Å². The molecule has 3 saturated heterocycles. The first-order chi connectivity index (χ1) is 30.4. The van der Waals surface area contributed by atoms with Crippen molar-refractivity contribution in [3.63, 3.8) is 0 Å². The number of hydrogen-bond donors (Lipinski definition) is 1. The topological polar surface area (TPSA) is 192 Å². The Kier molecular flexibility index (Phi) is 16.8. The van der Waals surface area contributed by atoms with Crippen LogP contribution >= 0.6 is 11.8 Å². The average Bonchev–Trinajstić information content (AvgIpc) is 3.29. The molecule has 3 aliphatic heterocycles. The molecule has 0 aromatic heterocycles. The van der Waals surface area contributed by atoms with Crippen molar-refractivity contribution in [2.45, 2.75) is 118 Å². The van der Waals surface area contributed by atoms with Gasteiger partial charge in [0.15, 0.2) is 24.8 Å². The summed E-state index contributed by atoms with van der Waals surface area (Å²) in [6.07, 6.45) is -8.09. The van der Waals surface area contributed by atoms with E-state index in [1.807, 2.05) is 121 Å². The largest absolute Gasteiger partial charge is 0.454 e. The lowest BCUT2D eigenvalue weighted by atomic mass is 9.95. The van der Waals surface area contributed by atoms with Crippen LogP contribution in [0.2, 0.25) is 0 Å². The van der Waals surface area contributed by atoms with Gasteiger partial charge >= 0.3 is 5.97 Å². The first-order valence-electron chi connectivity index (χ1n) is 20.7. The van der Waals surface area contributed by atoms with Crippen LogP contribution in [0.5, 0.6) is 0 Å². The summed E-state index contributed by atoms with van der Waals surface area (Å²) >= 11 is 1.37. The lowest BCUT2D eigenvalue weighted by Crippen LogP contribution is -2.67. The molecule has 4 aromatic carbocycles. The van der Waals surface area contributed by atoms with Crippen LogP contribution in [0.15, 0.2) is 131 Å². The number of carbonyl (C=O) groups excluding carboxylic acids is 2. The maximum atomic E-state index is 13.4. The van der Waals surface area contributed by atoms with E-state index in [4.69, 9.17) is 48.4 Å². The van der Waals surface area contributed by atoms with Crippen molar-refractivity contribution < 1.29 is 52.2 Å². The molecule has 0 aliphatic carbocycles. The van der Waals surface area contributed by atoms with Crippen molar-refractivity contribution in [3.8, 4) is 0 Å². The number of nitrogens with two attached hydrogens (primary N) is 1. The molecule has 1 unspecified atom stereocenters. The molecule has 0 radical (unpaired) electrons. The molecule has 4 aromatic rings. The Morgan fingerprint density at radius 1 is 0.742 bits per heavy atom. The third kappa shape index (κ3) is 12.4. The van der Waals surface area contributed by atoms with Crippen molar-refractivity contribution in [1.29, 1.82) is 0 Å². The van der Waals surface area contributed by atoms with E-state index >= 15 is 0 Å².